The van der Waals surface area contributed by atoms with E-state index in [0.29, 0.717) is 32.0 Å². The summed E-state index contributed by atoms with van der Waals surface area (Å²) in [6, 6.07) is 13.5. The number of aromatic carboxylic acids is 1. The van der Waals surface area contributed by atoms with Crippen LogP contribution in [0.5, 0.6) is 0 Å². The summed E-state index contributed by atoms with van der Waals surface area (Å²) in [5, 5.41) is 14.6. The first kappa shape index (κ1) is 15.9. The molecular formula is C16H9Cl3N2O2. The first-order valence-corrected chi connectivity index (χ1v) is 7.64. The van der Waals surface area contributed by atoms with Gasteiger partial charge in [-0.05, 0) is 30.3 Å². The second-order valence-corrected chi connectivity index (χ2v) is 5.93. The highest BCUT2D eigenvalue weighted by atomic mass is 35.5. The third-order valence-corrected chi connectivity index (χ3v) is 4.29. The maximum atomic E-state index is 11.3. The van der Waals surface area contributed by atoms with Crippen molar-refractivity contribution < 1.29 is 9.90 Å². The second-order valence-electron chi connectivity index (χ2n) is 4.71. The zero-order valence-corrected chi connectivity index (χ0v) is 13.8. The van der Waals surface area contributed by atoms with Crippen molar-refractivity contribution in [3.8, 4) is 16.9 Å². The van der Waals surface area contributed by atoms with Crippen molar-refractivity contribution in [2.45, 2.75) is 0 Å². The number of carboxylic acids is 1. The minimum absolute atomic E-state index is 0.0917. The van der Waals surface area contributed by atoms with Crippen molar-refractivity contribution in [3.63, 3.8) is 0 Å². The molecule has 0 radical (unpaired) electrons. The van der Waals surface area contributed by atoms with E-state index in [0.717, 1.165) is 0 Å². The molecule has 0 aliphatic rings. The lowest BCUT2D eigenvalue weighted by Gasteiger charge is -2.09. The minimum atomic E-state index is -1.13. The Kier molecular flexibility index (Phi) is 4.31. The van der Waals surface area contributed by atoms with Crippen molar-refractivity contribution in [2.24, 2.45) is 0 Å². The number of halogens is 3. The number of hydrogen-bond acceptors (Lipinski definition) is 2. The van der Waals surface area contributed by atoms with Crippen LogP contribution in [0.15, 0.2) is 48.5 Å². The molecule has 1 heterocycles. The zero-order valence-electron chi connectivity index (χ0n) is 11.5. The average molecular weight is 368 g/mol. The van der Waals surface area contributed by atoms with Crippen LogP contribution in [0, 0.1) is 0 Å². The van der Waals surface area contributed by atoms with Crippen LogP contribution in [0.3, 0.4) is 0 Å². The molecular weight excluding hydrogens is 359 g/mol. The predicted octanol–water partition coefficient (Wildman–Crippen LogP) is 5.20. The number of aromatic nitrogens is 2. The lowest BCUT2D eigenvalue weighted by Crippen LogP contribution is -2.02. The van der Waals surface area contributed by atoms with Crippen LogP contribution < -0.4 is 0 Å². The molecule has 7 heteroatoms. The SMILES string of the molecule is O=C(O)c1cc(-c2ccccc2Cl)n(-c2ccc(Cl)c(Cl)c2)n1. The van der Waals surface area contributed by atoms with Crippen molar-refractivity contribution in [1.82, 2.24) is 9.78 Å². The summed E-state index contributed by atoms with van der Waals surface area (Å²) in [7, 11) is 0. The van der Waals surface area contributed by atoms with E-state index in [-0.39, 0.29) is 5.69 Å². The molecule has 0 aliphatic carbocycles. The van der Waals surface area contributed by atoms with Crippen LogP contribution in [0.2, 0.25) is 15.1 Å². The smallest absolute Gasteiger partial charge is 0.356 e. The lowest BCUT2D eigenvalue weighted by molar-refractivity contribution is 0.0690. The largest absolute Gasteiger partial charge is 0.476 e. The van der Waals surface area contributed by atoms with Crippen LogP contribution >= 0.6 is 34.8 Å². The van der Waals surface area contributed by atoms with E-state index < -0.39 is 5.97 Å². The Labute approximate surface area is 146 Å². The average Bonchev–Trinajstić information content (AvgIpc) is 2.96. The molecule has 1 aromatic heterocycles. The van der Waals surface area contributed by atoms with Crippen LogP contribution in [-0.2, 0) is 0 Å². The number of benzene rings is 2. The Bertz CT molecular complexity index is 906. The van der Waals surface area contributed by atoms with Crippen LogP contribution in [0.4, 0.5) is 0 Å². The van der Waals surface area contributed by atoms with Crippen LogP contribution in [-0.4, -0.2) is 20.9 Å². The van der Waals surface area contributed by atoms with Crippen LogP contribution in [0.1, 0.15) is 10.5 Å². The van der Waals surface area contributed by atoms with Gasteiger partial charge in [0.15, 0.2) is 5.69 Å². The molecule has 0 amide bonds. The monoisotopic (exact) mass is 366 g/mol. The molecule has 4 nitrogen and oxygen atoms in total. The van der Waals surface area contributed by atoms with E-state index >= 15 is 0 Å². The third kappa shape index (κ3) is 3.06. The van der Waals surface area contributed by atoms with Gasteiger partial charge < -0.3 is 5.11 Å². The molecule has 0 fully saturated rings. The number of rotatable bonds is 3. The molecule has 23 heavy (non-hydrogen) atoms. The van der Waals surface area contributed by atoms with Gasteiger partial charge in [0.05, 0.1) is 21.4 Å². The summed E-state index contributed by atoms with van der Waals surface area (Å²) in [4.78, 5) is 11.3. The fourth-order valence-electron chi connectivity index (χ4n) is 2.16. The van der Waals surface area contributed by atoms with Crippen molar-refractivity contribution in [1.29, 1.82) is 0 Å². The van der Waals surface area contributed by atoms with Gasteiger partial charge in [-0.15, -0.1) is 0 Å². The van der Waals surface area contributed by atoms with E-state index in [9.17, 15) is 9.90 Å². The first-order chi connectivity index (χ1) is 11.0. The minimum Gasteiger partial charge on any atom is -0.476 e. The van der Waals surface area contributed by atoms with Crippen molar-refractivity contribution >= 4 is 40.8 Å². The van der Waals surface area contributed by atoms with Gasteiger partial charge in [-0.2, -0.15) is 5.10 Å². The maximum absolute atomic E-state index is 11.3. The molecule has 0 unspecified atom stereocenters. The van der Waals surface area contributed by atoms with Gasteiger partial charge in [-0.1, -0.05) is 53.0 Å². The Morgan fingerprint density at radius 1 is 0.957 bits per heavy atom. The van der Waals surface area contributed by atoms with Gasteiger partial charge in [-0.25, -0.2) is 9.48 Å². The van der Waals surface area contributed by atoms with E-state index in [4.69, 9.17) is 34.8 Å². The molecule has 0 saturated carbocycles. The topological polar surface area (TPSA) is 55.1 Å². The van der Waals surface area contributed by atoms with E-state index in [1.54, 1.807) is 36.4 Å². The Morgan fingerprint density at radius 3 is 2.35 bits per heavy atom. The van der Waals surface area contributed by atoms with Gasteiger partial charge in [-0.3, -0.25) is 0 Å². The Balaban J connectivity index is 2.25. The molecule has 2 aromatic carbocycles. The number of carboxylic acid groups (broad SMARTS) is 1. The molecule has 3 aromatic rings. The van der Waals surface area contributed by atoms with E-state index in [2.05, 4.69) is 5.10 Å². The fraction of sp³-hybridized carbons (Fsp3) is 0. The molecule has 3 rings (SSSR count). The van der Waals surface area contributed by atoms with Gasteiger partial charge in [0.2, 0.25) is 0 Å². The number of carbonyl (C=O) groups is 1. The number of hydrogen-bond donors (Lipinski definition) is 1. The Morgan fingerprint density at radius 2 is 1.70 bits per heavy atom. The van der Waals surface area contributed by atoms with Crippen molar-refractivity contribution in [3.05, 3.63) is 69.3 Å². The quantitative estimate of drug-likeness (QED) is 0.692. The molecule has 1 N–H and O–H groups in total. The highest BCUT2D eigenvalue weighted by molar-refractivity contribution is 6.42. The summed E-state index contributed by atoms with van der Waals surface area (Å²) in [6.45, 7) is 0. The zero-order chi connectivity index (χ0) is 16.6. The van der Waals surface area contributed by atoms with Gasteiger partial charge in [0, 0.05) is 10.6 Å². The summed E-state index contributed by atoms with van der Waals surface area (Å²) in [5.41, 5.74) is 1.71. The van der Waals surface area contributed by atoms with Gasteiger partial charge >= 0.3 is 5.97 Å². The first-order valence-electron chi connectivity index (χ1n) is 6.51. The van der Waals surface area contributed by atoms with Gasteiger partial charge in [0.25, 0.3) is 0 Å². The fourth-order valence-corrected chi connectivity index (χ4v) is 2.68. The molecule has 0 bridgehead atoms. The van der Waals surface area contributed by atoms with Crippen molar-refractivity contribution in [2.75, 3.05) is 0 Å². The summed E-state index contributed by atoms with van der Waals surface area (Å²) in [5.74, 6) is -1.13. The highest BCUT2D eigenvalue weighted by Gasteiger charge is 2.18. The standard InChI is InChI=1S/C16H9Cl3N2O2/c17-11-4-2-1-3-10(11)15-8-14(16(22)23)20-21(15)9-5-6-12(18)13(19)7-9/h1-8H,(H,22,23). The van der Waals surface area contributed by atoms with Gasteiger partial charge in [0.1, 0.15) is 0 Å². The number of nitrogens with zero attached hydrogens (tertiary/aromatic N) is 2. The molecule has 0 saturated heterocycles. The normalized spacial score (nSPS) is 10.7. The predicted molar refractivity (Wildman–Crippen MR) is 91.0 cm³/mol. The highest BCUT2D eigenvalue weighted by Crippen LogP contribution is 2.32. The molecule has 0 atom stereocenters. The molecule has 0 aliphatic heterocycles. The Hall–Kier alpha value is -2.01. The summed E-state index contributed by atoms with van der Waals surface area (Å²) in [6.07, 6.45) is 0. The second kappa shape index (κ2) is 6.24. The van der Waals surface area contributed by atoms with E-state index in [1.165, 1.54) is 10.7 Å². The summed E-state index contributed by atoms with van der Waals surface area (Å²) < 4.78 is 1.48. The molecule has 0 spiro atoms. The van der Waals surface area contributed by atoms with Crippen LogP contribution in [0.25, 0.3) is 16.9 Å². The van der Waals surface area contributed by atoms with E-state index in [1.807, 2.05) is 6.07 Å². The lowest BCUT2D eigenvalue weighted by atomic mass is 10.1. The third-order valence-electron chi connectivity index (χ3n) is 3.23. The molecule has 116 valence electrons. The summed E-state index contributed by atoms with van der Waals surface area (Å²) >= 11 is 18.2. The maximum Gasteiger partial charge on any atom is 0.356 e.